The Hall–Kier alpha value is -1.85. The highest BCUT2D eigenvalue weighted by atomic mass is 79.9. The van der Waals surface area contributed by atoms with Crippen LogP contribution in [0.2, 0.25) is 0 Å². The predicted octanol–water partition coefficient (Wildman–Crippen LogP) is 5.61. The minimum Gasteiger partial charge on any atom is -0.496 e. The van der Waals surface area contributed by atoms with Gasteiger partial charge in [0.25, 0.3) is 0 Å². The van der Waals surface area contributed by atoms with Crippen molar-refractivity contribution in [2.45, 2.75) is 0 Å². The first-order valence-corrected chi connectivity index (χ1v) is 7.78. The van der Waals surface area contributed by atoms with E-state index in [4.69, 9.17) is 26.1 Å². The summed E-state index contributed by atoms with van der Waals surface area (Å²) in [7, 11) is 3.21. The molecule has 0 saturated heterocycles. The zero-order valence-electron chi connectivity index (χ0n) is 12.1. The maximum Gasteiger partial charge on any atom is 0.143 e. The number of benzene rings is 2. The molecule has 0 amide bonds. The molecule has 0 radical (unpaired) electrons. The van der Waals surface area contributed by atoms with Gasteiger partial charge in [0.15, 0.2) is 0 Å². The highest BCUT2D eigenvalue weighted by Gasteiger charge is 2.11. The third-order valence-electron chi connectivity index (χ3n) is 3.35. The monoisotopic (exact) mass is 376 g/mol. The summed E-state index contributed by atoms with van der Waals surface area (Å²) in [6.45, 7) is 0. The van der Waals surface area contributed by atoms with Gasteiger partial charge in [-0.05, 0) is 12.1 Å². The molecule has 0 unspecified atom stereocenters. The first-order valence-electron chi connectivity index (χ1n) is 6.58. The van der Waals surface area contributed by atoms with Crippen LogP contribution in [0.1, 0.15) is 0 Å². The van der Waals surface area contributed by atoms with Crippen LogP contribution in [0, 0.1) is 4.51 Å². The van der Waals surface area contributed by atoms with Crippen LogP contribution in [0.5, 0.6) is 11.5 Å². The van der Waals surface area contributed by atoms with Crippen molar-refractivity contribution in [1.29, 1.82) is 0 Å². The second-order valence-corrected chi connectivity index (χ2v) is 6.04. The molecule has 0 saturated carbocycles. The predicted molar refractivity (Wildman–Crippen MR) is 93.3 cm³/mol. The maximum atomic E-state index is 6.01. The fraction of sp³-hybridized carbons (Fsp3) is 0.118. The summed E-state index contributed by atoms with van der Waals surface area (Å²) in [5.41, 5.74) is 1.60. The Kier molecular flexibility index (Phi) is 4.18. The zero-order valence-corrected chi connectivity index (χ0v) is 14.5. The van der Waals surface area contributed by atoms with Crippen molar-refractivity contribution in [2.24, 2.45) is 0 Å². The van der Waals surface area contributed by atoms with Crippen LogP contribution in [0.3, 0.4) is 0 Å². The molecule has 1 heterocycles. The van der Waals surface area contributed by atoms with Gasteiger partial charge in [0.05, 0.1) is 24.1 Å². The molecule has 3 aromatic rings. The van der Waals surface area contributed by atoms with Gasteiger partial charge in [0.2, 0.25) is 0 Å². The van der Waals surface area contributed by atoms with E-state index in [0.29, 0.717) is 27.4 Å². The Morgan fingerprint density at radius 1 is 1.00 bits per heavy atom. The van der Waals surface area contributed by atoms with E-state index in [1.165, 1.54) is 0 Å². The lowest BCUT2D eigenvalue weighted by Crippen LogP contribution is -1.90. The normalized spacial score (nSPS) is 10.7. The molecule has 3 rings (SSSR count). The van der Waals surface area contributed by atoms with Crippen molar-refractivity contribution in [3.63, 3.8) is 0 Å². The van der Waals surface area contributed by atoms with Gasteiger partial charge in [-0.25, -0.2) is 0 Å². The molecule has 5 heteroatoms. The molecule has 2 aromatic carbocycles. The summed E-state index contributed by atoms with van der Waals surface area (Å²) in [4.78, 5) is 0. The second kappa shape index (κ2) is 6.10. The number of hydrogen-bond donors (Lipinski definition) is 0. The fourth-order valence-corrected chi connectivity index (χ4v) is 2.84. The fourth-order valence-electron chi connectivity index (χ4n) is 2.26. The van der Waals surface area contributed by atoms with Gasteiger partial charge in [-0.2, -0.15) is 0 Å². The van der Waals surface area contributed by atoms with Crippen LogP contribution in [0.25, 0.3) is 22.3 Å². The van der Waals surface area contributed by atoms with Gasteiger partial charge in [-0.3, -0.25) is 0 Å². The smallest absolute Gasteiger partial charge is 0.143 e. The van der Waals surface area contributed by atoms with Crippen LogP contribution in [-0.2, 0) is 0 Å². The zero-order chi connectivity index (χ0) is 15.7. The average Bonchev–Trinajstić information content (AvgIpc) is 2.54. The summed E-state index contributed by atoms with van der Waals surface area (Å²) in [5.74, 6) is 2.02. The molecule has 0 aliphatic carbocycles. The number of fused-ring (bicyclic) bond motifs is 1. The van der Waals surface area contributed by atoms with E-state index in [1.807, 2.05) is 36.4 Å². The number of methoxy groups -OCH3 is 2. The van der Waals surface area contributed by atoms with E-state index < -0.39 is 0 Å². The van der Waals surface area contributed by atoms with Crippen LogP contribution >= 0.6 is 28.1 Å². The topological polar surface area (TPSA) is 31.6 Å². The molecule has 0 aliphatic rings. The lowest BCUT2D eigenvalue weighted by Gasteiger charge is -2.10. The van der Waals surface area contributed by atoms with Crippen molar-refractivity contribution in [1.82, 2.24) is 0 Å². The molecule has 22 heavy (non-hydrogen) atoms. The molecule has 0 N–H and O–H groups in total. The molecular formula is C17H13BrO3S. The second-order valence-electron chi connectivity index (χ2n) is 4.68. The number of halogens is 1. The quantitative estimate of drug-likeness (QED) is 0.556. The molecule has 112 valence electrons. The third-order valence-corrected chi connectivity index (χ3v) is 4.20. The first kappa shape index (κ1) is 15.1. The minimum absolute atomic E-state index is 0.640. The van der Waals surface area contributed by atoms with Crippen LogP contribution < -0.4 is 9.47 Å². The lowest BCUT2D eigenvalue weighted by molar-refractivity contribution is 0.396. The van der Waals surface area contributed by atoms with E-state index >= 15 is 0 Å². The van der Waals surface area contributed by atoms with Crippen molar-refractivity contribution in [3.05, 3.63) is 51.4 Å². The Morgan fingerprint density at radius 2 is 1.73 bits per heavy atom. The van der Waals surface area contributed by atoms with Crippen LogP contribution in [0.4, 0.5) is 0 Å². The minimum atomic E-state index is 0.640. The van der Waals surface area contributed by atoms with Gasteiger partial charge >= 0.3 is 0 Å². The Balaban J connectivity index is 2.27. The lowest BCUT2D eigenvalue weighted by atomic mass is 10.1. The van der Waals surface area contributed by atoms with E-state index in [-0.39, 0.29) is 0 Å². The molecule has 0 aliphatic heterocycles. The molecule has 0 fully saturated rings. The Morgan fingerprint density at radius 3 is 2.36 bits per heavy atom. The van der Waals surface area contributed by atoms with Gasteiger partial charge in [0.1, 0.15) is 22.8 Å². The first-order chi connectivity index (χ1) is 10.6. The van der Waals surface area contributed by atoms with Gasteiger partial charge in [0, 0.05) is 28.2 Å². The van der Waals surface area contributed by atoms with Crippen molar-refractivity contribution in [2.75, 3.05) is 14.2 Å². The SMILES string of the molecule is COc1cc(OC)c2c(=S)cc(-c3ccc(Br)cc3)oc2c1. The molecule has 1 aromatic heterocycles. The van der Waals surface area contributed by atoms with E-state index in [9.17, 15) is 0 Å². The Labute approximate surface area is 141 Å². The summed E-state index contributed by atoms with van der Waals surface area (Å²) in [5, 5.41) is 0.777. The summed E-state index contributed by atoms with van der Waals surface area (Å²) in [6.07, 6.45) is 0. The van der Waals surface area contributed by atoms with Gasteiger partial charge in [-0.15, -0.1) is 0 Å². The number of hydrogen-bond acceptors (Lipinski definition) is 4. The van der Waals surface area contributed by atoms with Crippen molar-refractivity contribution >= 4 is 39.1 Å². The van der Waals surface area contributed by atoms with E-state index in [1.54, 1.807) is 20.3 Å². The summed E-state index contributed by atoms with van der Waals surface area (Å²) in [6, 6.07) is 13.3. The standard InChI is InChI=1S/C17H13BrO3S/c1-19-12-7-14(20-2)17-15(8-12)21-13(9-16(17)22)10-3-5-11(18)6-4-10/h3-9H,1-2H3. The summed E-state index contributed by atoms with van der Waals surface area (Å²) >= 11 is 8.94. The number of ether oxygens (including phenoxy) is 2. The van der Waals surface area contributed by atoms with Gasteiger partial charge < -0.3 is 13.9 Å². The number of rotatable bonds is 3. The molecule has 0 atom stereocenters. The maximum absolute atomic E-state index is 6.01. The Bertz CT molecular complexity index is 885. The third kappa shape index (κ3) is 2.74. The highest BCUT2D eigenvalue weighted by Crippen LogP contribution is 2.35. The molecule has 0 bridgehead atoms. The molecule has 0 spiro atoms. The van der Waals surface area contributed by atoms with Crippen LogP contribution in [-0.4, -0.2) is 14.2 Å². The van der Waals surface area contributed by atoms with E-state index in [0.717, 1.165) is 15.4 Å². The van der Waals surface area contributed by atoms with Crippen LogP contribution in [0.15, 0.2) is 51.4 Å². The molecule has 3 nitrogen and oxygen atoms in total. The summed E-state index contributed by atoms with van der Waals surface area (Å²) < 4.78 is 18.4. The van der Waals surface area contributed by atoms with E-state index in [2.05, 4.69) is 15.9 Å². The molecular weight excluding hydrogens is 364 g/mol. The van der Waals surface area contributed by atoms with Crippen molar-refractivity contribution < 1.29 is 13.9 Å². The highest BCUT2D eigenvalue weighted by molar-refractivity contribution is 9.10. The average molecular weight is 377 g/mol. The van der Waals surface area contributed by atoms with Gasteiger partial charge in [-0.1, -0.05) is 40.3 Å². The van der Waals surface area contributed by atoms with Crippen molar-refractivity contribution in [3.8, 4) is 22.8 Å². The largest absolute Gasteiger partial charge is 0.496 e.